The van der Waals surface area contributed by atoms with E-state index in [-0.39, 0.29) is 17.7 Å². The molecule has 1 atom stereocenters. The van der Waals surface area contributed by atoms with Gasteiger partial charge in [-0.2, -0.15) is 0 Å². The molecule has 0 heterocycles. The number of carbonyl (C=O) groups is 2. The number of ether oxygens (including phenoxy) is 1. The minimum Gasteiger partial charge on any atom is -0.497 e. The molecule has 0 bridgehead atoms. The molecule has 5 nitrogen and oxygen atoms in total. The lowest BCUT2D eigenvalue weighted by Crippen LogP contribution is -2.50. The highest BCUT2D eigenvalue weighted by molar-refractivity contribution is 6.30. The van der Waals surface area contributed by atoms with Crippen molar-refractivity contribution >= 4 is 23.4 Å². The molecule has 0 spiro atoms. The number of methoxy groups -OCH3 is 1. The maximum absolute atomic E-state index is 12.9. The Morgan fingerprint density at radius 1 is 1.07 bits per heavy atom. The van der Waals surface area contributed by atoms with Crippen LogP contribution in [0.4, 0.5) is 0 Å². The smallest absolute Gasteiger partial charge is 0.251 e. The number of nitrogens with zero attached hydrogens (tertiary/aromatic N) is 1. The summed E-state index contributed by atoms with van der Waals surface area (Å²) in [5.41, 5.74) is 1.45. The first-order chi connectivity index (χ1) is 12.8. The summed E-state index contributed by atoms with van der Waals surface area (Å²) in [7, 11) is 3.30. The van der Waals surface area contributed by atoms with Crippen molar-refractivity contribution in [1.29, 1.82) is 0 Å². The molecular weight excluding hydrogens is 364 g/mol. The summed E-state index contributed by atoms with van der Waals surface area (Å²) >= 11 is 5.90. The summed E-state index contributed by atoms with van der Waals surface area (Å²) in [6.07, 6.45) is 0. The highest BCUT2D eigenvalue weighted by Gasteiger charge is 2.27. The molecule has 0 saturated heterocycles. The number of benzene rings is 2. The number of hydrogen-bond acceptors (Lipinski definition) is 3. The molecular formula is C21H25ClN2O3. The van der Waals surface area contributed by atoms with Crippen LogP contribution >= 0.6 is 11.6 Å². The SMILES string of the molecule is COc1ccc(C(=O)NC(C(=O)N(C)Cc2ccc(Cl)cc2)C(C)C)cc1. The van der Waals surface area contributed by atoms with E-state index < -0.39 is 6.04 Å². The zero-order chi connectivity index (χ0) is 20.0. The van der Waals surface area contributed by atoms with Crippen molar-refractivity contribution in [2.75, 3.05) is 14.2 Å². The van der Waals surface area contributed by atoms with Crippen LogP contribution in [0.5, 0.6) is 5.75 Å². The van der Waals surface area contributed by atoms with Crippen LogP contribution in [0.15, 0.2) is 48.5 Å². The van der Waals surface area contributed by atoms with Gasteiger partial charge in [-0.1, -0.05) is 37.6 Å². The molecule has 6 heteroatoms. The second-order valence-electron chi connectivity index (χ2n) is 6.74. The fourth-order valence-corrected chi connectivity index (χ4v) is 2.79. The monoisotopic (exact) mass is 388 g/mol. The van der Waals surface area contributed by atoms with Gasteiger partial charge in [0.2, 0.25) is 5.91 Å². The maximum Gasteiger partial charge on any atom is 0.251 e. The van der Waals surface area contributed by atoms with E-state index in [1.807, 2.05) is 26.0 Å². The minimum atomic E-state index is -0.614. The van der Waals surface area contributed by atoms with Crippen molar-refractivity contribution in [1.82, 2.24) is 10.2 Å². The Kier molecular flexibility index (Phi) is 7.25. The van der Waals surface area contributed by atoms with Crippen molar-refractivity contribution in [3.05, 3.63) is 64.7 Å². The van der Waals surface area contributed by atoms with Gasteiger partial charge in [0.1, 0.15) is 11.8 Å². The molecule has 27 heavy (non-hydrogen) atoms. The van der Waals surface area contributed by atoms with Gasteiger partial charge in [-0.05, 0) is 47.9 Å². The van der Waals surface area contributed by atoms with E-state index in [0.29, 0.717) is 22.9 Å². The largest absolute Gasteiger partial charge is 0.497 e. The molecule has 2 amide bonds. The van der Waals surface area contributed by atoms with Crippen LogP contribution in [-0.4, -0.2) is 36.9 Å². The number of nitrogens with one attached hydrogen (secondary N) is 1. The third-order valence-electron chi connectivity index (χ3n) is 4.28. The second-order valence-corrected chi connectivity index (χ2v) is 7.18. The molecule has 0 radical (unpaired) electrons. The second kappa shape index (κ2) is 9.42. The Morgan fingerprint density at radius 2 is 1.67 bits per heavy atom. The molecule has 0 aliphatic heterocycles. The van der Waals surface area contributed by atoms with E-state index in [2.05, 4.69) is 5.32 Å². The molecule has 0 fully saturated rings. The Balaban J connectivity index is 2.06. The van der Waals surface area contributed by atoms with Gasteiger partial charge >= 0.3 is 0 Å². The van der Waals surface area contributed by atoms with E-state index in [1.165, 1.54) is 0 Å². The van der Waals surface area contributed by atoms with E-state index in [4.69, 9.17) is 16.3 Å². The predicted octanol–water partition coefficient (Wildman–Crippen LogP) is 3.76. The Morgan fingerprint density at radius 3 is 2.19 bits per heavy atom. The first-order valence-electron chi connectivity index (χ1n) is 8.76. The third kappa shape index (κ3) is 5.73. The maximum atomic E-state index is 12.9. The normalized spacial score (nSPS) is 11.8. The van der Waals surface area contributed by atoms with Crippen LogP contribution in [0.3, 0.4) is 0 Å². The lowest BCUT2D eigenvalue weighted by molar-refractivity contribution is -0.133. The summed E-state index contributed by atoms with van der Waals surface area (Å²) in [6, 6.07) is 13.5. The summed E-state index contributed by atoms with van der Waals surface area (Å²) in [6.45, 7) is 4.26. The highest BCUT2D eigenvalue weighted by Crippen LogP contribution is 2.15. The highest BCUT2D eigenvalue weighted by atomic mass is 35.5. The van der Waals surface area contributed by atoms with Gasteiger partial charge in [0.15, 0.2) is 0 Å². The molecule has 2 rings (SSSR count). The van der Waals surface area contributed by atoms with Crippen LogP contribution in [0.2, 0.25) is 5.02 Å². The molecule has 0 aromatic heterocycles. The topological polar surface area (TPSA) is 58.6 Å². The van der Waals surface area contributed by atoms with E-state index in [0.717, 1.165) is 5.56 Å². The summed E-state index contributed by atoms with van der Waals surface area (Å²) < 4.78 is 5.10. The average molecular weight is 389 g/mol. The lowest BCUT2D eigenvalue weighted by atomic mass is 10.0. The summed E-state index contributed by atoms with van der Waals surface area (Å²) in [4.78, 5) is 27.0. The quantitative estimate of drug-likeness (QED) is 0.785. The van der Waals surface area contributed by atoms with Crippen molar-refractivity contribution < 1.29 is 14.3 Å². The molecule has 144 valence electrons. The molecule has 2 aromatic rings. The van der Waals surface area contributed by atoms with Gasteiger partial charge in [-0.3, -0.25) is 9.59 Å². The van der Waals surface area contributed by atoms with Gasteiger partial charge in [0, 0.05) is 24.2 Å². The third-order valence-corrected chi connectivity index (χ3v) is 4.53. The van der Waals surface area contributed by atoms with Crippen molar-refractivity contribution in [2.24, 2.45) is 5.92 Å². The lowest BCUT2D eigenvalue weighted by Gasteiger charge is -2.27. The number of carbonyl (C=O) groups excluding carboxylic acids is 2. The number of rotatable bonds is 7. The number of amides is 2. The van der Waals surface area contributed by atoms with Crippen LogP contribution < -0.4 is 10.1 Å². The van der Waals surface area contributed by atoms with E-state index >= 15 is 0 Å². The van der Waals surface area contributed by atoms with Crippen molar-refractivity contribution in [3.8, 4) is 5.75 Å². The first-order valence-corrected chi connectivity index (χ1v) is 9.14. The van der Waals surface area contributed by atoms with Crippen LogP contribution in [0.25, 0.3) is 0 Å². The fourth-order valence-electron chi connectivity index (χ4n) is 2.66. The molecule has 0 aliphatic rings. The number of hydrogen-bond donors (Lipinski definition) is 1. The molecule has 0 saturated carbocycles. The van der Waals surface area contributed by atoms with Gasteiger partial charge in [0.25, 0.3) is 5.91 Å². The van der Waals surface area contributed by atoms with Gasteiger partial charge < -0.3 is 15.0 Å². The Hall–Kier alpha value is -2.53. The van der Waals surface area contributed by atoms with Crippen LogP contribution in [0.1, 0.15) is 29.8 Å². The fraction of sp³-hybridized carbons (Fsp3) is 0.333. The summed E-state index contributed by atoms with van der Waals surface area (Å²) in [5, 5.41) is 3.51. The average Bonchev–Trinajstić information content (AvgIpc) is 2.67. The predicted molar refractivity (Wildman–Crippen MR) is 107 cm³/mol. The van der Waals surface area contributed by atoms with Gasteiger partial charge in [0.05, 0.1) is 7.11 Å². The summed E-state index contributed by atoms with van der Waals surface area (Å²) in [5.74, 6) is 0.199. The standard InChI is InChI=1S/C21H25ClN2O3/c1-14(2)19(23-20(25)16-7-11-18(27-4)12-8-16)21(26)24(3)13-15-5-9-17(22)10-6-15/h5-12,14,19H,13H2,1-4H3,(H,23,25). The van der Waals surface area contributed by atoms with Crippen LogP contribution in [0, 0.1) is 5.92 Å². The minimum absolute atomic E-state index is 0.0487. The molecule has 1 N–H and O–H groups in total. The van der Waals surface area contributed by atoms with Gasteiger partial charge in [-0.25, -0.2) is 0 Å². The molecule has 0 aliphatic carbocycles. The van der Waals surface area contributed by atoms with Crippen molar-refractivity contribution in [3.63, 3.8) is 0 Å². The van der Waals surface area contributed by atoms with E-state index in [9.17, 15) is 9.59 Å². The van der Waals surface area contributed by atoms with Crippen LogP contribution in [-0.2, 0) is 11.3 Å². The Labute approximate surface area is 165 Å². The van der Waals surface area contributed by atoms with Gasteiger partial charge in [-0.15, -0.1) is 0 Å². The Bertz CT molecular complexity index is 773. The molecule has 1 unspecified atom stereocenters. The first kappa shape index (κ1) is 20.8. The van der Waals surface area contributed by atoms with E-state index in [1.54, 1.807) is 55.5 Å². The zero-order valence-corrected chi connectivity index (χ0v) is 16.8. The van der Waals surface area contributed by atoms with Crippen molar-refractivity contribution in [2.45, 2.75) is 26.4 Å². The zero-order valence-electron chi connectivity index (χ0n) is 16.0. The number of halogens is 1. The number of likely N-dealkylation sites (N-methyl/N-ethyl adjacent to an activating group) is 1. The molecule has 2 aromatic carbocycles.